The van der Waals surface area contributed by atoms with Crippen molar-refractivity contribution in [2.24, 2.45) is 5.92 Å². The highest BCUT2D eigenvalue weighted by atomic mass is 16.5. The summed E-state index contributed by atoms with van der Waals surface area (Å²) in [5.41, 5.74) is 0.772. The first-order valence-corrected chi connectivity index (χ1v) is 5.46. The Balaban J connectivity index is 2.74. The molecule has 0 spiro atoms. The lowest BCUT2D eigenvalue weighted by atomic mass is 10.0. The second-order valence-electron chi connectivity index (χ2n) is 4.34. The van der Waals surface area contributed by atoms with Crippen LogP contribution in [0.15, 0.2) is 24.3 Å². The summed E-state index contributed by atoms with van der Waals surface area (Å²) in [5, 5.41) is 8.90. The fraction of sp³-hybridized carbons (Fsp3) is 0.462. The minimum absolute atomic E-state index is 0.459. The van der Waals surface area contributed by atoms with Crippen LogP contribution in [0.2, 0.25) is 0 Å². The van der Waals surface area contributed by atoms with Gasteiger partial charge in [-0.3, -0.25) is 4.79 Å². The van der Waals surface area contributed by atoms with Crippen LogP contribution in [-0.2, 0) is 4.79 Å². The molecule has 1 N–H and O–H groups in total. The van der Waals surface area contributed by atoms with Crippen LogP contribution in [0, 0.1) is 5.92 Å². The Hall–Kier alpha value is -1.51. The molecule has 3 nitrogen and oxygen atoms in total. The molecule has 0 fully saturated rings. The predicted molar refractivity (Wildman–Crippen MR) is 62.8 cm³/mol. The summed E-state index contributed by atoms with van der Waals surface area (Å²) in [6, 6.07) is 7.27. The Kier molecular flexibility index (Phi) is 4.35. The third-order valence-corrected chi connectivity index (χ3v) is 2.31. The van der Waals surface area contributed by atoms with Crippen LogP contribution >= 0.6 is 0 Å². The molecule has 0 bridgehead atoms. The molecular weight excluding hydrogens is 204 g/mol. The zero-order valence-electron chi connectivity index (χ0n) is 9.93. The third kappa shape index (κ3) is 3.57. The van der Waals surface area contributed by atoms with Gasteiger partial charge in [0, 0.05) is 0 Å². The van der Waals surface area contributed by atoms with Crippen LogP contribution in [0.25, 0.3) is 0 Å². The van der Waals surface area contributed by atoms with Crippen molar-refractivity contribution in [3.8, 4) is 5.75 Å². The molecule has 16 heavy (non-hydrogen) atoms. The SMILES string of the molecule is CC(C)COc1cccc(C(C)C(=O)O)c1. The van der Waals surface area contributed by atoms with Crippen LogP contribution in [0.5, 0.6) is 5.75 Å². The van der Waals surface area contributed by atoms with E-state index >= 15 is 0 Å². The van der Waals surface area contributed by atoms with E-state index in [0.29, 0.717) is 12.5 Å². The van der Waals surface area contributed by atoms with Crippen molar-refractivity contribution in [2.75, 3.05) is 6.61 Å². The average molecular weight is 222 g/mol. The van der Waals surface area contributed by atoms with E-state index in [1.807, 2.05) is 12.1 Å². The van der Waals surface area contributed by atoms with Crippen LogP contribution in [0.3, 0.4) is 0 Å². The van der Waals surface area contributed by atoms with Crippen molar-refractivity contribution < 1.29 is 14.6 Å². The summed E-state index contributed by atoms with van der Waals surface area (Å²) < 4.78 is 5.55. The topological polar surface area (TPSA) is 46.5 Å². The first kappa shape index (κ1) is 12.6. The number of aliphatic carboxylic acids is 1. The Labute approximate surface area is 96.1 Å². The Morgan fingerprint density at radius 1 is 1.38 bits per heavy atom. The summed E-state index contributed by atoms with van der Waals surface area (Å²) in [6.45, 7) is 6.46. The molecule has 88 valence electrons. The molecule has 1 rings (SSSR count). The number of hydrogen-bond acceptors (Lipinski definition) is 2. The van der Waals surface area contributed by atoms with Gasteiger partial charge in [-0.15, -0.1) is 0 Å². The molecule has 1 aromatic carbocycles. The number of hydrogen-bond donors (Lipinski definition) is 1. The van der Waals surface area contributed by atoms with Gasteiger partial charge in [-0.05, 0) is 30.5 Å². The Morgan fingerprint density at radius 3 is 2.62 bits per heavy atom. The largest absolute Gasteiger partial charge is 0.493 e. The highest BCUT2D eigenvalue weighted by Gasteiger charge is 2.13. The van der Waals surface area contributed by atoms with Crippen molar-refractivity contribution >= 4 is 5.97 Å². The number of carboxylic acid groups (broad SMARTS) is 1. The standard InChI is InChI=1S/C13H18O3/c1-9(2)8-16-12-6-4-5-11(7-12)10(3)13(14)15/h4-7,9-10H,8H2,1-3H3,(H,14,15). The molecule has 0 aromatic heterocycles. The van der Waals surface area contributed by atoms with Gasteiger partial charge in [0.15, 0.2) is 0 Å². The smallest absolute Gasteiger partial charge is 0.310 e. The summed E-state index contributed by atoms with van der Waals surface area (Å²) in [5.74, 6) is -0.122. The van der Waals surface area contributed by atoms with Gasteiger partial charge in [0.1, 0.15) is 5.75 Å². The van der Waals surface area contributed by atoms with Crippen molar-refractivity contribution in [3.05, 3.63) is 29.8 Å². The molecule has 1 aromatic rings. The molecule has 0 amide bonds. The molecule has 1 atom stereocenters. The summed E-state index contributed by atoms with van der Waals surface area (Å²) in [6.07, 6.45) is 0. The average Bonchev–Trinajstić information content (AvgIpc) is 2.25. The zero-order chi connectivity index (χ0) is 12.1. The Morgan fingerprint density at radius 2 is 2.06 bits per heavy atom. The van der Waals surface area contributed by atoms with Gasteiger partial charge in [-0.1, -0.05) is 26.0 Å². The van der Waals surface area contributed by atoms with Gasteiger partial charge in [-0.25, -0.2) is 0 Å². The summed E-state index contributed by atoms with van der Waals surface area (Å²) in [7, 11) is 0. The fourth-order valence-corrected chi connectivity index (χ4v) is 1.28. The molecule has 1 unspecified atom stereocenters. The van der Waals surface area contributed by atoms with E-state index in [0.717, 1.165) is 11.3 Å². The van der Waals surface area contributed by atoms with Crippen LogP contribution in [-0.4, -0.2) is 17.7 Å². The van der Waals surface area contributed by atoms with E-state index < -0.39 is 11.9 Å². The second kappa shape index (κ2) is 5.54. The molecule has 0 aliphatic rings. The lowest BCUT2D eigenvalue weighted by molar-refractivity contribution is -0.138. The van der Waals surface area contributed by atoms with Crippen molar-refractivity contribution in [1.29, 1.82) is 0 Å². The molecule has 3 heteroatoms. The van der Waals surface area contributed by atoms with Crippen LogP contribution in [0.1, 0.15) is 32.3 Å². The molecule has 0 saturated carbocycles. The van der Waals surface area contributed by atoms with Gasteiger partial charge in [0.25, 0.3) is 0 Å². The molecule has 0 radical (unpaired) electrons. The lowest BCUT2D eigenvalue weighted by Crippen LogP contribution is -2.08. The van der Waals surface area contributed by atoms with Gasteiger partial charge in [0.2, 0.25) is 0 Å². The monoisotopic (exact) mass is 222 g/mol. The minimum atomic E-state index is -0.819. The van der Waals surface area contributed by atoms with Gasteiger partial charge >= 0.3 is 5.97 Å². The van der Waals surface area contributed by atoms with E-state index in [9.17, 15) is 4.79 Å². The number of ether oxygens (including phenoxy) is 1. The minimum Gasteiger partial charge on any atom is -0.493 e. The highest BCUT2D eigenvalue weighted by molar-refractivity contribution is 5.75. The fourth-order valence-electron chi connectivity index (χ4n) is 1.28. The molecule has 0 aliphatic carbocycles. The Bertz CT molecular complexity index is 358. The lowest BCUT2D eigenvalue weighted by Gasteiger charge is -2.11. The van der Waals surface area contributed by atoms with E-state index in [-0.39, 0.29) is 0 Å². The van der Waals surface area contributed by atoms with Gasteiger partial charge in [-0.2, -0.15) is 0 Å². The normalized spacial score (nSPS) is 12.5. The molecule has 0 aliphatic heterocycles. The molecule has 0 heterocycles. The first-order chi connectivity index (χ1) is 7.50. The number of rotatable bonds is 5. The van der Waals surface area contributed by atoms with Gasteiger partial charge in [0.05, 0.1) is 12.5 Å². The van der Waals surface area contributed by atoms with Crippen molar-refractivity contribution in [1.82, 2.24) is 0 Å². The maximum Gasteiger partial charge on any atom is 0.310 e. The zero-order valence-corrected chi connectivity index (χ0v) is 9.93. The molecule has 0 saturated heterocycles. The van der Waals surface area contributed by atoms with E-state index in [2.05, 4.69) is 13.8 Å². The van der Waals surface area contributed by atoms with E-state index in [1.54, 1.807) is 19.1 Å². The summed E-state index contributed by atoms with van der Waals surface area (Å²) in [4.78, 5) is 10.8. The van der Waals surface area contributed by atoms with Crippen molar-refractivity contribution in [3.63, 3.8) is 0 Å². The number of benzene rings is 1. The quantitative estimate of drug-likeness (QED) is 0.833. The van der Waals surface area contributed by atoms with Crippen LogP contribution < -0.4 is 4.74 Å². The predicted octanol–water partition coefficient (Wildman–Crippen LogP) is 2.91. The van der Waals surface area contributed by atoms with E-state index in [4.69, 9.17) is 9.84 Å². The maximum absolute atomic E-state index is 10.8. The maximum atomic E-state index is 10.8. The second-order valence-corrected chi connectivity index (χ2v) is 4.34. The van der Waals surface area contributed by atoms with Gasteiger partial charge < -0.3 is 9.84 Å². The van der Waals surface area contributed by atoms with Crippen molar-refractivity contribution in [2.45, 2.75) is 26.7 Å². The highest BCUT2D eigenvalue weighted by Crippen LogP contribution is 2.21. The molecular formula is C13H18O3. The third-order valence-electron chi connectivity index (χ3n) is 2.31. The van der Waals surface area contributed by atoms with Crippen LogP contribution in [0.4, 0.5) is 0 Å². The summed E-state index contributed by atoms with van der Waals surface area (Å²) >= 11 is 0. The number of carbonyl (C=O) groups is 1. The van der Waals surface area contributed by atoms with E-state index in [1.165, 1.54) is 0 Å². The number of carboxylic acids is 1. The first-order valence-electron chi connectivity index (χ1n) is 5.46.